The second kappa shape index (κ2) is 8.94. The van der Waals surface area contributed by atoms with E-state index in [0.29, 0.717) is 18.8 Å². The quantitative estimate of drug-likeness (QED) is 0.509. The van der Waals surface area contributed by atoms with Crippen LogP contribution in [0.3, 0.4) is 0 Å². The molecule has 0 aliphatic heterocycles. The number of aromatic nitrogens is 1. The monoisotopic (exact) mass is 363 g/mol. The first kappa shape index (κ1) is 18.6. The summed E-state index contributed by atoms with van der Waals surface area (Å²) in [6.07, 6.45) is 5.76. The molecule has 0 unspecified atom stereocenters. The van der Waals surface area contributed by atoms with Crippen LogP contribution in [0.2, 0.25) is 0 Å². The van der Waals surface area contributed by atoms with Crippen molar-refractivity contribution in [3.63, 3.8) is 0 Å². The molecule has 3 aromatic rings. The van der Waals surface area contributed by atoms with Gasteiger partial charge in [0, 0.05) is 43.4 Å². The fraction of sp³-hybridized carbons (Fsp3) is 0.182. The molecule has 1 heterocycles. The van der Waals surface area contributed by atoms with E-state index in [2.05, 4.69) is 10.3 Å². The van der Waals surface area contributed by atoms with Crippen LogP contribution in [0.5, 0.6) is 0 Å². The first-order valence-electron chi connectivity index (χ1n) is 8.90. The van der Waals surface area contributed by atoms with Crippen molar-refractivity contribution < 1.29 is 9.18 Å². The molecule has 5 heteroatoms. The topological polar surface area (TPSA) is 45.2 Å². The van der Waals surface area contributed by atoms with Crippen molar-refractivity contribution in [2.24, 2.45) is 0 Å². The molecular formula is C22H22FN3O. The Morgan fingerprint density at radius 2 is 1.96 bits per heavy atom. The summed E-state index contributed by atoms with van der Waals surface area (Å²) in [6.45, 7) is 1.17. The summed E-state index contributed by atoms with van der Waals surface area (Å²) in [5.41, 5.74) is 2.34. The van der Waals surface area contributed by atoms with E-state index < -0.39 is 0 Å². The summed E-state index contributed by atoms with van der Waals surface area (Å²) < 4.78 is 13.7. The van der Waals surface area contributed by atoms with Gasteiger partial charge in [-0.15, -0.1) is 0 Å². The molecular weight excluding hydrogens is 341 g/mol. The Balaban J connectivity index is 1.48. The van der Waals surface area contributed by atoms with E-state index in [9.17, 15) is 9.18 Å². The Labute approximate surface area is 158 Å². The molecule has 3 rings (SSSR count). The number of hydrogen-bond donors (Lipinski definition) is 1. The van der Waals surface area contributed by atoms with Gasteiger partial charge in [0.2, 0.25) is 5.91 Å². The lowest BCUT2D eigenvalue weighted by Crippen LogP contribution is -2.27. The van der Waals surface area contributed by atoms with Crippen LogP contribution in [0.1, 0.15) is 12.0 Å². The number of pyridine rings is 1. The van der Waals surface area contributed by atoms with Crippen molar-refractivity contribution >= 4 is 28.6 Å². The number of fused-ring (bicyclic) bond motifs is 1. The highest BCUT2D eigenvalue weighted by atomic mass is 19.1. The first-order valence-corrected chi connectivity index (χ1v) is 8.90. The number of nitrogens with one attached hydrogen (secondary N) is 1. The molecule has 0 spiro atoms. The molecule has 0 radical (unpaired) electrons. The van der Waals surface area contributed by atoms with E-state index >= 15 is 0 Å². The smallest absolute Gasteiger partial charge is 0.244 e. The largest absolute Gasteiger partial charge is 0.372 e. The lowest BCUT2D eigenvalue weighted by molar-refractivity contribution is -0.116. The standard InChI is InChI=1S/C22H22FN3O/c1-26(20-11-3-2-10-19(20)23)16-6-15-24-21(27)13-12-18-8-4-7-17-9-5-14-25-22(17)18/h2-5,7-14H,6,15-16H2,1H3,(H,24,27)/b13-12+. The van der Waals surface area contributed by atoms with Gasteiger partial charge in [0.05, 0.1) is 11.2 Å². The van der Waals surface area contributed by atoms with Gasteiger partial charge < -0.3 is 10.2 Å². The second-order valence-corrected chi connectivity index (χ2v) is 6.27. The molecule has 0 aliphatic carbocycles. The number of rotatable bonds is 7. The molecule has 0 saturated carbocycles. The number of benzene rings is 2. The lowest BCUT2D eigenvalue weighted by atomic mass is 10.1. The van der Waals surface area contributed by atoms with Crippen LogP contribution in [0.15, 0.2) is 66.9 Å². The van der Waals surface area contributed by atoms with Gasteiger partial charge >= 0.3 is 0 Å². The number of halogens is 1. The highest BCUT2D eigenvalue weighted by molar-refractivity contribution is 5.95. The maximum Gasteiger partial charge on any atom is 0.244 e. The number of carbonyl (C=O) groups excluding carboxylic acids is 1. The molecule has 27 heavy (non-hydrogen) atoms. The third kappa shape index (κ3) is 4.91. The SMILES string of the molecule is CN(CCCNC(=O)/C=C/c1cccc2cccnc12)c1ccccc1F. The molecule has 1 aromatic heterocycles. The molecule has 1 amide bonds. The van der Waals surface area contributed by atoms with Crippen molar-refractivity contribution in [2.75, 3.05) is 25.0 Å². The highest BCUT2D eigenvalue weighted by Gasteiger charge is 2.06. The van der Waals surface area contributed by atoms with Crippen molar-refractivity contribution in [1.29, 1.82) is 0 Å². The molecule has 4 nitrogen and oxygen atoms in total. The predicted octanol–water partition coefficient (Wildman–Crippen LogP) is 4.03. The van der Waals surface area contributed by atoms with E-state index in [0.717, 1.165) is 22.9 Å². The lowest BCUT2D eigenvalue weighted by Gasteiger charge is -2.19. The Hall–Kier alpha value is -3.21. The summed E-state index contributed by atoms with van der Waals surface area (Å²) in [7, 11) is 1.84. The fourth-order valence-corrected chi connectivity index (χ4v) is 2.90. The van der Waals surface area contributed by atoms with Crippen LogP contribution in [0, 0.1) is 5.82 Å². The van der Waals surface area contributed by atoms with Crippen LogP contribution >= 0.6 is 0 Å². The van der Waals surface area contributed by atoms with Gasteiger partial charge in [-0.05, 0) is 30.7 Å². The van der Waals surface area contributed by atoms with Crippen LogP contribution in [-0.4, -0.2) is 31.0 Å². The van der Waals surface area contributed by atoms with Crippen molar-refractivity contribution in [3.8, 4) is 0 Å². The van der Waals surface area contributed by atoms with Gasteiger partial charge in [-0.25, -0.2) is 4.39 Å². The maximum atomic E-state index is 13.7. The molecule has 0 bridgehead atoms. The first-order chi connectivity index (χ1) is 13.1. The van der Waals surface area contributed by atoms with Crippen molar-refractivity contribution in [1.82, 2.24) is 10.3 Å². The summed E-state index contributed by atoms with van der Waals surface area (Å²) in [4.78, 5) is 18.2. The Kier molecular flexibility index (Phi) is 6.15. The van der Waals surface area contributed by atoms with E-state index in [1.807, 2.05) is 48.3 Å². The minimum atomic E-state index is -0.240. The predicted molar refractivity (Wildman–Crippen MR) is 108 cm³/mol. The van der Waals surface area contributed by atoms with E-state index in [1.54, 1.807) is 24.4 Å². The Morgan fingerprint density at radius 3 is 2.81 bits per heavy atom. The van der Waals surface area contributed by atoms with E-state index in [1.165, 1.54) is 12.1 Å². The number of hydrogen-bond acceptors (Lipinski definition) is 3. The summed E-state index contributed by atoms with van der Waals surface area (Å²) >= 11 is 0. The van der Waals surface area contributed by atoms with Gasteiger partial charge in [0.25, 0.3) is 0 Å². The van der Waals surface area contributed by atoms with E-state index in [-0.39, 0.29) is 11.7 Å². The maximum absolute atomic E-state index is 13.7. The molecule has 0 aliphatic rings. The third-order valence-electron chi connectivity index (χ3n) is 4.31. The van der Waals surface area contributed by atoms with Gasteiger partial charge in [-0.3, -0.25) is 9.78 Å². The normalized spacial score (nSPS) is 11.0. The Bertz CT molecular complexity index is 950. The molecule has 138 valence electrons. The zero-order chi connectivity index (χ0) is 19.1. The van der Waals surface area contributed by atoms with Crippen molar-refractivity contribution in [3.05, 3.63) is 78.3 Å². The zero-order valence-electron chi connectivity index (χ0n) is 15.2. The molecule has 1 N–H and O–H groups in total. The van der Waals surface area contributed by atoms with Crippen molar-refractivity contribution in [2.45, 2.75) is 6.42 Å². The van der Waals surface area contributed by atoms with Gasteiger partial charge in [-0.1, -0.05) is 36.4 Å². The van der Waals surface area contributed by atoms with Crippen LogP contribution in [0.4, 0.5) is 10.1 Å². The molecule has 0 saturated heterocycles. The van der Waals surface area contributed by atoms with Crippen LogP contribution in [0.25, 0.3) is 17.0 Å². The van der Waals surface area contributed by atoms with Crippen LogP contribution in [-0.2, 0) is 4.79 Å². The average molecular weight is 363 g/mol. The fourth-order valence-electron chi connectivity index (χ4n) is 2.90. The number of carbonyl (C=O) groups is 1. The molecule has 0 fully saturated rings. The van der Waals surface area contributed by atoms with Gasteiger partial charge in [-0.2, -0.15) is 0 Å². The summed E-state index contributed by atoms with van der Waals surface area (Å²) in [6, 6.07) is 16.4. The van der Waals surface area contributed by atoms with Crippen LogP contribution < -0.4 is 10.2 Å². The van der Waals surface area contributed by atoms with E-state index in [4.69, 9.17) is 0 Å². The third-order valence-corrected chi connectivity index (χ3v) is 4.31. The van der Waals surface area contributed by atoms with Gasteiger partial charge in [0.15, 0.2) is 0 Å². The number of anilines is 1. The minimum absolute atomic E-state index is 0.156. The number of para-hydroxylation sites is 2. The summed E-state index contributed by atoms with van der Waals surface area (Å²) in [5, 5.41) is 3.89. The van der Waals surface area contributed by atoms with Gasteiger partial charge in [0.1, 0.15) is 5.82 Å². The highest BCUT2D eigenvalue weighted by Crippen LogP contribution is 2.17. The number of nitrogens with zero attached hydrogens (tertiary/aromatic N) is 2. The molecule has 0 atom stereocenters. The Morgan fingerprint density at radius 1 is 1.15 bits per heavy atom. The average Bonchev–Trinajstić information content (AvgIpc) is 2.69. The zero-order valence-corrected chi connectivity index (χ0v) is 15.2. The number of amides is 1. The minimum Gasteiger partial charge on any atom is -0.372 e. The second-order valence-electron chi connectivity index (χ2n) is 6.27. The summed E-state index contributed by atoms with van der Waals surface area (Å²) in [5.74, 6) is -0.396. The molecule has 2 aromatic carbocycles.